The zero-order chi connectivity index (χ0) is 14.0. The number of rotatable bonds is 5. The Bertz CT molecular complexity index is 590. The summed E-state index contributed by atoms with van der Waals surface area (Å²) in [5.74, 6) is 1.31. The molecule has 0 saturated heterocycles. The molecule has 2 aromatic rings. The molecule has 7 heteroatoms. The summed E-state index contributed by atoms with van der Waals surface area (Å²) in [6.07, 6.45) is 6.23. The topological polar surface area (TPSA) is 98.8 Å². The van der Waals surface area contributed by atoms with Gasteiger partial charge in [-0.15, -0.1) is 0 Å². The number of H-pyrrole nitrogens is 1. The number of hydrogen-bond donors (Lipinski definition) is 4. The zero-order valence-electron chi connectivity index (χ0n) is 11.6. The molecule has 1 aliphatic rings. The zero-order valence-corrected chi connectivity index (χ0v) is 11.6. The van der Waals surface area contributed by atoms with E-state index >= 15 is 0 Å². The number of anilines is 2. The Morgan fingerprint density at radius 3 is 2.85 bits per heavy atom. The van der Waals surface area contributed by atoms with Crippen molar-refractivity contribution < 1.29 is 5.11 Å². The van der Waals surface area contributed by atoms with Crippen LogP contribution in [0.1, 0.15) is 25.7 Å². The average molecular weight is 276 g/mol. The van der Waals surface area contributed by atoms with Gasteiger partial charge in [0.25, 0.3) is 0 Å². The van der Waals surface area contributed by atoms with Crippen LogP contribution in [0.4, 0.5) is 11.8 Å². The van der Waals surface area contributed by atoms with Crippen LogP contribution in [0.5, 0.6) is 0 Å². The fourth-order valence-electron chi connectivity index (χ4n) is 2.87. The number of nitrogens with one attached hydrogen (secondary N) is 3. The van der Waals surface area contributed by atoms with Gasteiger partial charge in [0.1, 0.15) is 5.82 Å². The Morgan fingerprint density at radius 1 is 1.35 bits per heavy atom. The van der Waals surface area contributed by atoms with E-state index in [4.69, 9.17) is 0 Å². The van der Waals surface area contributed by atoms with E-state index in [9.17, 15) is 5.11 Å². The van der Waals surface area contributed by atoms with Crippen molar-refractivity contribution in [2.45, 2.75) is 25.7 Å². The smallest absolute Gasteiger partial charge is 0.226 e. The Morgan fingerprint density at radius 2 is 2.15 bits per heavy atom. The number of hydrogen-bond acceptors (Lipinski definition) is 6. The lowest BCUT2D eigenvalue weighted by molar-refractivity contribution is 0.142. The summed E-state index contributed by atoms with van der Waals surface area (Å²) in [6.45, 7) is 0.947. The summed E-state index contributed by atoms with van der Waals surface area (Å²) in [7, 11) is 1.79. The van der Waals surface area contributed by atoms with Crippen LogP contribution >= 0.6 is 0 Å². The minimum atomic E-state index is -0.0131. The molecule has 2 heterocycles. The van der Waals surface area contributed by atoms with Crippen molar-refractivity contribution >= 4 is 22.8 Å². The van der Waals surface area contributed by atoms with Crippen molar-refractivity contribution in [1.82, 2.24) is 20.2 Å². The summed E-state index contributed by atoms with van der Waals surface area (Å²) in [6, 6.07) is 0. The molecule has 1 fully saturated rings. The van der Waals surface area contributed by atoms with Gasteiger partial charge < -0.3 is 15.7 Å². The molecule has 4 N–H and O–H groups in total. The molecule has 20 heavy (non-hydrogen) atoms. The highest BCUT2D eigenvalue weighted by molar-refractivity contribution is 5.86. The third-order valence-electron chi connectivity index (χ3n) is 4.16. The Balaban J connectivity index is 1.84. The van der Waals surface area contributed by atoms with E-state index in [-0.39, 0.29) is 12.0 Å². The van der Waals surface area contributed by atoms with E-state index in [0.29, 0.717) is 11.6 Å². The average Bonchev–Trinajstić information content (AvgIpc) is 3.14. The quantitative estimate of drug-likeness (QED) is 0.658. The third kappa shape index (κ3) is 2.29. The molecule has 0 unspecified atom stereocenters. The predicted molar refractivity (Wildman–Crippen MR) is 77.7 cm³/mol. The van der Waals surface area contributed by atoms with Crippen molar-refractivity contribution in [3.05, 3.63) is 6.20 Å². The largest absolute Gasteiger partial charge is 0.396 e. The lowest BCUT2D eigenvalue weighted by atomic mass is 9.87. The van der Waals surface area contributed by atoms with Gasteiger partial charge in [-0.3, -0.25) is 5.10 Å². The first-order valence-corrected chi connectivity index (χ1v) is 7.00. The monoisotopic (exact) mass is 276 g/mol. The van der Waals surface area contributed by atoms with Gasteiger partial charge in [0, 0.05) is 19.0 Å². The highest BCUT2D eigenvalue weighted by atomic mass is 16.3. The van der Waals surface area contributed by atoms with Crippen molar-refractivity contribution in [3.8, 4) is 0 Å². The number of nitrogens with zero attached hydrogens (tertiary/aromatic N) is 3. The molecule has 0 aliphatic heterocycles. The first-order valence-electron chi connectivity index (χ1n) is 7.00. The predicted octanol–water partition coefficient (Wildman–Crippen LogP) is 1.36. The molecule has 0 aromatic carbocycles. The van der Waals surface area contributed by atoms with Gasteiger partial charge in [-0.1, -0.05) is 12.8 Å². The summed E-state index contributed by atoms with van der Waals surface area (Å²) in [4.78, 5) is 8.74. The maximum absolute atomic E-state index is 9.66. The molecule has 7 nitrogen and oxygen atoms in total. The van der Waals surface area contributed by atoms with Crippen LogP contribution in [0.15, 0.2) is 6.20 Å². The lowest BCUT2D eigenvalue weighted by Crippen LogP contribution is -2.30. The standard InChI is InChI=1S/C13H20N6O/c1-14-12-17-10(9-6-16-19-11(9)18-12)15-7-13(8-20)4-2-3-5-13/h6,20H,2-5,7-8H2,1H3,(H3,14,15,16,17,18,19). The van der Waals surface area contributed by atoms with Gasteiger partial charge in [-0.25, -0.2) is 0 Å². The molecular formula is C13H20N6O. The van der Waals surface area contributed by atoms with Crippen molar-refractivity contribution in [3.63, 3.8) is 0 Å². The summed E-state index contributed by atoms with van der Waals surface area (Å²) < 4.78 is 0. The van der Waals surface area contributed by atoms with Crippen LogP contribution in [0.25, 0.3) is 11.0 Å². The Hall–Kier alpha value is -1.89. The van der Waals surface area contributed by atoms with Crippen molar-refractivity contribution in [1.29, 1.82) is 0 Å². The van der Waals surface area contributed by atoms with Gasteiger partial charge in [-0.05, 0) is 12.8 Å². The van der Waals surface area contributed by atoms with Crippen LogP contribution in [0, 0.1) is 5.41 Å². The van der Waals surface area contributed by atoms with Crippen LogP contribution in [-0.4, -0.2) is 45.5 Å². The van der Waals surface area contributed by atoms with E-state index in [0.717, 1.165) is 30.6 Å². The molecular weight excluding hydrogens is 256 g/mol. The molecule has 0 radical (unpaired) electrons. The first kappa shape index (κ1) is 13.1. The number of aromatic amines is 1. The van der Waals surface area contributed by atoms with Gasteiger partial charge >= 0.3 is 0 Å². The molecule has 2 aromatic heterocycles. The Kier molecular flexibility index (Phi) is 3.43. The maximum Gasteiger partial charge on any atom is 0.226 e. The van der Waals surface area contributed by atoms with Gasteiger partial charge in [0.05, 0.1) is 18.2 Å². The molecule has 0 atom stereocenters. The van der Waals surface area contributed by atoms with Crippen molar-refractivity contribution in [2.24, 2.45) is 5.41 Å². The third-order valence-corrected chi connectivity index (χ3v) is 4.16. The summed E-state index contributed by atoms with van der Waals surface area (Å²) in [5.41, 5.74) is 0.692. The molecule has 0 amide bonds. The van der Waals surface area contributed by atoms with E-state index in [1.165, 1.54) is 12.8 Å². The second-order valence-electron chi connectivity index (χ2n) is 5.50. The first-order chi connectivity index (χ1) is 9.76. The highest BCUT2D eigenvalue weighted by Crippen LogP contribution is 2.38. The van der Waals surface area contributed by atoms with Gasteiger partial charge in [-0.2, -0.15) is 15.1 Å². The molecule has 1 aliphatic carbocycles. The van der Waals surface area contributed by atoms with Crippen LogP contribution in [-0.2, 0) is 0 Å². The summed E-state index contributed by atoms with van der Waals surface area (Å²) in [5, 5.41) is 23.7. The van der Waals surface area contributed by atoms with E-state index < -0.39 is 0 Å². The Labute approximate surface area is 117 Å². The van der Waals surface area contributed by atoms with E-state index in [1.54, 1.807) is 13.2 Å². The van der Waals surface area contributed by atoms with Gasteiger partial charge in [0.2, 0.25) is 5.95 Å². The van der Waals surface area contributed by atoms with Crippen LogP contribution in [0.2, 0.25) is 0 Å². The number of aromatic nitrogens is 4. The summed E-state index contributed by atoms with van der Waals surface area (Å²) >= 11 is 0. The fourth-order valence-corrected chi connectivity index (χ4v) is 2.87. The molecule has 0 bridgehead atoms. The molecule has 3 rings (SSSR count). The number of fused-ring (bicyclic) bond motifs is 1. The maximum atomic E-state index is 9.66. The number of aliphatic hydroxyl groups excluding tert-OH is 1. The van der Waals surface area contributed by atoms with Gasteiger partial charge in [0.15, 0.2) is 5.65 Å². The normalized spacial score (nSPS) is 17.5. The minimum Gasteiger partial charge on any atom is -0.396 e. The number of aliphatic hydroxyl groups is 1. The lowest BCUT2D eigenvalue weighted by Gasteiger charge is -2.27. The second kappa shape index (κ2) is 5.24. The SMILES string of the molecule is CNc1nc(NCC2(CO)CCCC2)c2cn[nH]c2n1. The van der Waals surface area contributed by atoms with Crippen LogP contribution < -0.4 is 10.6 Å². The highest BCUT2D eigenvalue weighted by Gasteiger charge is 2.33. The minimum absolute atomic E-state index is 0.0131. The second-order valence-corrected chi connectivity index (χ2v) is 5.50. The molecule has 1 saturated carbocycles. The van der Waals surface area contributed by atoms with E-state index in [1.807, 2.05) is 0 Å². The fraction of sp³-hybridized carbons (Fsp3) is 0.615. The van der Waals surface area contributed by atoms with E-state index in [2.05, 4.69) is 30.8 Å². The molecule has 108 valence electrons. The molecule has 0 spiro atoms. The van der Waals surface area contributed by atoms with Crippen LogP contribution in [0.3, 0.4) is 0 Å². The van der Waals surface area contributed by atoms with Crippen molar-refractivity contribution in [2.75, 3.05) is 30.8 Å².